The van der Waals surface area contributed by atoms with Gasteiger partial charge in [0, 0.05) is 13.7 Å². The molecule has 1 aliphatic carbocycles. The predicted octanol–water partition coefficient (Wildman–Crippen LogP) is 2.37. The highest BCUT2D eigenvalue weighted by molar-refractivity contribution is 5.73. The maximum atomic E-state index is 11.7. The van der Waals surface area contributed by atoms with Crippen LogP contribution in [0.3, 0.4) is 0 Å². The summed E-state index contributed by atoms with van der Waals surface area (Å²) in [7, 11) is 1.67. The lowest BCUT2D eigenvalue weighted by Gasteiger charge is -2.32. The highest BCUT2D eigenvalue weighted by Crippen LogP contribution is 2.34. The lowest BCUT2D eigenvalue weighted by atomic mass is 9.75. The molecule has 1 aliphatic rings. The molecular weight excluding hydrogens is 192 g/mol. The molecule has 3 heteroatoms. The second kappa shape index (κ2) is 5.91. The van der Waals surface area contributed by atoms with E-state index in [-0.39, 0.29) is 11.9 Å². The van der Waals surface area contributed by atoms with Crippen molar-refractivity contribution in [1.82, 2.24) is 0 Å². The van der Waals surface area contributed by atoms with Gasteiger partial charge >= 0.3 is 5.97 Å². The zero-order valence-corrected chi connectivity index (χ0v) is 9.57. The van der Waals surface area contributed by atoms with Gasteiger partial charge in [0.05, 0.1) is 12.2 Å². The van der Waals surface area contributed by atoms with Crippen LogP contribution in [0.25, 0.3) is 0 Å². The predicted molar refractivity (Wildman–Crippen MR) is 58.2 cm³/mol. The Bertz CT molecular complexity index is 225. The van der Waals surface area contributed by atoms with E-state index in [2.05, 4.69) is 13.5 Å². The first kappa shape index (κ1) is 12.2. The van der Waals surface area contributed by atoms with E-state index >= 15 is 0 Å². The fraction of sp³-hybridized carbons (Fsp3) is 0.750. The third-order valence-electron chi connectivity index (χ3n) is 3.14. The van der Waals surface area contributed by atoms with Gasteiger partial charge < -0.3 is 9.47 Å². The Kier molecular flexibility index (Phi) is 4.82. The van der Waals surface area contributed by atoms with Crippen molar-refractivity contribution < 1.29 is 14.3 Å². The molecule has 1 saturated carbocycles. The molecule has 0 bridgehead atoms. The van der Waals surface area contributed by atoms with E-state index in [9.17, 15) is 4.79 Å². The van der Waals surface area contributed by atoms with Crippen LogP contribution in [0.5, 0.6) is 0 Å². The summed E-state index contributed by atoms with van der Waals surface area (Å²) in [5.41, 5.74) is 0. The minimum absolute atomic E-state index is 0.0216. The second-order valence-corrected chi connectivity index (χ2v) is 4.34. The average molecular weight is 212 g/mol. The largest absolute Gasteiger partial charge is 0.435 e. The first-order valence-electron chi connectivity index (χ1n) is 5.49. The minimum Gasteiger partial charge on any atom is -0.435 e. The van der Waals surface area contributed by atoms with Crippen molar-refractivity contribution in [2.45, 2.75) is 26.2 Å². The Balaban J connectivity index is 2.60. The van der Waals surface area contributed by atoms with Crippen molar-refractivity contribution in [2.75, 3.05) is 13.7 Å². The van der Waals surface area contributed by atoms with Gasteiger partial charge in [0.25, 0.3) is 0 Å². The van der Waals surface area contributed by atoms with Crippen LogP contribution in [-0.2, 0) is 14.3 Å². The molecule has 15 heavy (non-hydrogen) atoms. The zero-order chi connectivity index (χ0) is 11.3. The summed E-state index contributed by atoms with van der Waals surface area (Å²) in [6.07, 6.45) is 4.34. The molecule has 0 aromatic rings. The van der Waals surface area contributed by atoms with Gasteiger partial charge in [0.1, 0.15) is 0 Å². The summed E-state index contributed by atoms with van der Waals surface area (Å²) < 4.78 is 10.0. The van der Waals surface area contributed by atoms with E-state index in [0.717, 1.165) is 12.8 Å². The average Bonchev–Trinajstić information content (AvgIpc) is 2.21. The van der Waals surface area contributed by atoms with Crippen LogP contribution < -0.4 is 0 Å². The number of hydrogen-bond donors (Lipinski definition) is 0. The van der Waals surface area contributed by atoms with Gasteiger partial charge in [0.15, 0.2) is 0 Å². The third-order valence-corrected chi connectivity index (χ3v) is 3.14. The SMILES string of the molecule is C=COC(=O)C1CC(C)CCC1COC. The molecule has 3 nitrogen and oxygen atoms in total. The van der Waals surface area contributed by atoms with Crippen molar-refractivity contribution in [1.29, 1.82) is 0 Å². The fourth-order valence-electron chi connectivity index (χ4n) is 2.32. The van der Waals surface area contributed by atoms with Crippen LogP contribution in [0.15, 0.2) is 12.8 Å². The highest BCUT2D eigenvalue weighted by atomic mass is 16.5. The van der Waals surface area contributed by atoms with E-state index in [4.69, 9.17) is 9.47 Å². The van der Waals surface area contributed by atoms with Crippen LogP contribution >= 0.6 is 0 Å². The second-order valence-electron chi connectivity index (χ2n) is 4.34. The third kappa shape index (κ3) is 3.34. The topological polar surface area (TPSA) is 35.5 Å². The van der Waals surface area contributed by atoms with Gasteiger partial charge in [-0.3, -0.25) is 4.79 Å². The number of carbonyl (C=O) groups excluding carboxylic acids is 1. The molecule has 86 valence electrons. The molecule has 0 heterocycles. The summed E-state index contributed by atoms with van der Waals surface area (Å²) >= 11 is 0. The van der Waals surface area contributed by atoms with E-state index in [1.165, 1.54) is 12.7 Å². The van der Waals surface area contributed by atoms with Crippen LogP contribution in [0.1, 0.15) is 26.2 Å². The van der Waals surface area contributed by atoms with Crippen LogP contribution in [0.4, 0.5) is 0 Å². The maximum Gasteiger partial charge on any atom is 0.314 e. The molecule has 3 atom stereocenters. The Morgan fingerprint density at radius 2 is 2.27 bits per heavy atom. The lowest BCUT2D eigenvalue weighted by Crippen LogP contribution is -2.33. The molecule has 0 aliphatic heterocycles. The Hall–Kier alpha value is -0.830. The molecule has 0 aromatic heterocycles. The highest BCUT2D eigenvalue weighted by Gasteiger charge is 2.34. The van der Waals surface area contributed by atoms with E-state index in [1.54, 1.807) is 7.11 Å². The quantitative estimate of drug-likeness (QED) is 0.530. The molecule has 3 unspecified atom stereocenters. The number of hydrogen-bond acceptors (Lipinski definition) is 3. The number of ether oxygens (including phenoxy) is 2. The molecule has 0 N–H and O–H groups in total. The number of esters is 1. The maximum absolute atomic E-state index is 11.7. The van der Waals surface area contributed by atoms with Gasteiger partial charge in [-0.15, -0.1) is 0 Å². The first-order valence-corrected chi connectivity index (χ1v) is 5.49. The summed E-state index contributed by atoms with van der Waals surface area (Å²) in [5.74, 6) is 0.726. The van der Waals surface area contributed by atoms with Gasteiger partial charge in [-0.25, -0.2) is 0 Å². The zero-order valence-electron chi connectivity index (χ0n) is 9.57. The molecule has 0 amide bonds. The number of methoxy groups -OCH3 is 1. The molecule has 0 saturated heterocycles. The summed E-state index contributed by atoms with van der Waals surface area (Å²) in [4.78, 5) is 11.7. The smallest absolute Gasteiger partial charge is 0.314 e. The van der Waals surface area contributed by atoms with Crippen molar-refractivity contribution in [2.24, 2.45) is 17.8 Å². The molecule has 1 rings (SSSR count). The lowest BCUT2D eigenvalue weighted by molar-refractivity contribution is -0.147. The molecule has 0 radical (unpaired) electrons. The summed E-state index contributed by atoms with van der Waals surface area (Å²) in [6, 6.07) is 0. The normalized spacial score (nSPS) is 30.9. The van der Waals surface area contributed by atoms with Gasteiger partial charge in [-0.2, -0.15) is 0 Å². The van der Waals surface area contributed by atoms with Crippen LogP contribution in [0.2, 0.25) is 0 Å². The summed E-state index contributed by atoms with van der Waals surface area (Å²) in [6.45, 7) is 6.23. The van der Waals surface area contributed by atoms with Gasteiger partial charge in [-0.05, 0) is 24.7 Å². The van der Waals surface area contributed by atoms with E-state index in [0.29, 0.717) is 18.4 Å². The van der Waals surface area contributed by atoms with Crippen molar-refractivity contribution >= 4 is 5.97 Å². The minimum atomic E-state index is -0.154. The molecule has 0 spiro atoms. The monoisotopic (exact) mass is 212 g/mol. The van der Waals surface area contributed by atoms with E-state index < -0.39 is 0 Å². The van der Waals surface area contributed by atoms with Gasteiger partial charge in [-0.1, -0.05) is 19.9 Å². The van der Waals surface area contributed by atoms with Crippen LogP contribution in [0, 0.1) is 17.8 Å². The Morgan fingerprint density at radius 1 is 1.53 bits per heavy atom. The number of carbonyl (C=O) groups is 1. The van der Waals surface area contributed by atoms with E-state index in [1.807, 2.05) is 0 Å². The van der Waals surface area contributed by atoms with Gasteiger partial charge in [0.2, 0.25) is 0 Å². The first-order chi connectivity index (χ1) is 7.19. The standard InChI is InChI=1S/C12H20O3/c1-4-15-12(13)11-7-9(2)5-6-10(11)8-14-3/h4,9-11H,1,5-8H2,2-3H3. The molecule has 1 fully saturated rings. The fourth-order valence-corrected chi connectivity index (χ4v) is 2.32. The molecule has 0 aromatic carbocycles. The van der Waals surface area contributed by atoms with Crippen molar-refractivity contribution in [3.63, 3.8) is 0 Å². The van der Waals surface area contributed by atoms with Crippen molar-refractivity contribution in [3.05, 3.63) is 12.8 Å². The molecular formula is C12H20O3. The van der Waals surface area contributed by atoms with Crippen molar-refractivity contribution in [3.8, 4) is 0 Å². The Labute approximate surface area is 91.4 Å². The van der Waals surface area contributed by atoms with Crippen LogP contribution in [-0.4, -0.2) is 19.7 Å². The number of rotatable bonds is 4. The Morgan fingerprint density at radius 3 is 2.87 bits per heavy atom. The summed E-state index contributed by atoms with van der Waals surface area (Å²) in [5, 5.41) is 0.